The first-order valence-corrected chi connectivity index (χ1v) is 9.18. The molecule has 2 amide bonds. The van der Waals surface area contributed by atoms with Gasteiger partial charge in [-0.1, -0.05) is 18.6 Å². The van der Waals surface area contributed by atoms with Crippen LogP contribution in [0.4, 0.5) is 4.39 Å². The molecule has 132 valence electrons. The van der Waals surface area contributed by atoms with E-state index in [1.165, 1.54) is 12.1 Å². The van der Waals surface area contributed by atoms with Crippen molar-refractivity contribution in [3.63, 3.8) is 0 Å². The normalized spacial score (nSPS) is 23.0. The van der Waals surface area contributed by atoms with Gasteiger partial charge in [-0.25, -0.2) is 4.39 Å². The lowest BCUT2D eigenvalue weighted by molar-refractivity contribution is -0.129. The number of hydrogen-bond acceptors (Lipinski definition) is 2. The Morgan fingerprint density at radius 3 is 2.64 bits per heavy atom. The third-order valence-electron chi connectivity index (χ3n) is 5.40. The average molecular weight is 342 g/mol. The number of rotatable bonds is 5. The maximum absolute atomic E-state index is 13.1. The molecule has 4 nitrogen and oxygen atoms in total. The summed E-state index contributed by atoms with van der Waals surface area (Å²) in [5.41, 5.74) is 2.78. The van der Waals surface area contributed by atoms with Crippen molar-refractivity contribution in [1.82, 2.24) is 10.2 Å². The van der Waals surface area contributed by atoms with Crippen LogP contribution in [0.3, 0.4) is 0 Å². The van der Waals surface area contributed by atoms with Crippen molar-refractivity contribution in [3.05, 3.63) is 46.8 Å². The first-order valence-electron chi connectivity index (χ1n) is 9.18. The average Bonchev–Trinajstić information content (AvgIpc) is 3.38. The minimum absolute atomic E-state index is 0.0165. The first kappa shape index (κ1) is 16.3. The minimum Gasteiger partial charge on any atom is -0.353 e. The number of fused-ring (bicyclic) bond motifs is 1. The monoisotopic (exact) mass is 342 g/mol. The predicted octanol–water partition coefficient (Wildman–Crippen LogP) is 3.08. The zero-order chi connectivity index (χ0) is 17.4. The Labute approximate surface area is 147 Å². The van der Waals surface area contributed by atoms with Crippen LogP contribution >= 0.6 is 0 Å². The molecule has 1 aliphatic heterocycles. The highest BCUT2D eigenvalue weighted by Crippen LogP contribution is 2.38. The molecule has 0 bridgehead atoms. The van der Waals surface area contributed by atoms with E-state index in [9.17, 15) is 14.0 Å². The van der Waals surface area contributed by atoms with Gasteiger partial charge in [-0.15, -0.1) is 0 Å². The van der Waals surface area contributed by atoms with Crippen molar-refractivity contribution >= 4 is 11.8 Å². The standard InChI is InChI=1S/C20H23FN2O2/c21-14-7-5-13(6-8-14)12-23-18-4-2-1-3-16(18)17(20(23)25)11-19(24)22-15-9-10-15/h5-8,15,18H,1-4,9-12H2,(H,22,24). The van der Waals surface area contributed by atoms with E-state index in [0.29, 0.717) is 18.2 Å². The summed E-state index contributed by atoms with van der Waals surface area (Å²) in [6.45, 7) is 0.473. The van der Waals surface area contributed by atoms with E-state index < -0.39 is 0 Å². The molecule has 5 heteroatoms. The fourth-order valence-electron chi connectivity index (χ4n) is 3.97. The molecule has 1 aromatic carbocycles. The second-order valence-electron chi connectivity index (χ2n) is 7.34. The Balaban J connectivity index is 1.52. The molecule has 2 aliphatic carbocycles. The van der Waals surface area contributed by atoms with Crippen LogP contribution in [0.2, 0.25) is 0 Å². The fourth-order valence-corrected chi connectivity index (χ4v) is 3.97. The van der Waals surface area contributed by atoms with Crippen molar-refractivity contribution in [2.24, 2.45) is 0 Å². The Morgan fingerprint density at radius 1 is 1.16 bits per heavy atom. The summed E-state index contributed by atoms with van der Waals surface area (Å²) in [6.07, 6.45) is 6.33. The maximum atomic E-state index is 13.1. The lowest BCUT2D eigenvalue weighted by Gasteiger charge is -2.30. The largest absolute Gasteiger partial charge is 0.353 e. The molecule has 0 saturated heterocycles. The fraction of sp³-hybridized carbons (Fsp3) is 0.500. The minimum atomic E-state index is -0.273. The molecule has 1 N–H and O–H groups in total. The number of benzene rings is 1. The first-order chi connectivity index (χ1) is 12.1. The molecule has 2 saturated carbocycles. The van der Waals surface area contributed by atoms with Gasteiger partial charge >= 0.3 is 0 Å². The van der Waals surface area contributed by atoms with E-state index in [1.54, 1.807) is 12.1 Å². The van der Waals surface area contributed by atoms with Gasteiger partial charge in [0.05, 0.1) is 12.5 Å². The zero-order valence-electron chi connectivity index (χ0n) is 14.3. The molecule has 0 aromatic heterocycles. The number of carbonyl (C=O) groups excluding carboxylic acids is 2. The third-order valence-corrected chi connectivity index (χ3v) is 5.40. The molecule has 0 radical (unpaired) electrons. The lowest BCUT2D eigenvalue weighted by atomic mass is 9.88. The van der Waals surface area contributed by atoms with Crippen LogP contribution in [0, 0.1) is 5.82 Å². The Bertz CT molecular complexity index is 722. The maximum Gasteiger partial charge on any atom is 0.251 e. The van der Waals surface area contributed by atoms with E-state index in [1.807, 2.05) is 4.90 Å². The number of hydrogen-bond donors (Lipinski definition) is 1. The molecule has 1 heterocycles. The van der Waals surface area contributed by atoms with Gasteiger partial charge in [-0.05, 0) is 55.4 Å². The SMILES string of the molecule is O=C(CC1=C2CCCCC2N(Cc2ccc(F)cc2)C1=O)NC1CC1. The Morgan fingerprint density at radius 2 is 1.92 bits per heavy atom. The quantitative estimate of drug-likeness (QED) is 0.894. The van der Waals surface area contributed by atoms with Gasteiger partial charge in [0, 0.05) is 18.2 Å². The molecular weight excluding hydrogens is 319 g/mol. The van der Waals surface area contributed by atoms with Gasteiger partial charge in [0.1, 0.15) is 5.82 Å². The van der Waals surface area contributed by atoms with E-state index in [2.05, 4.69) is 5.32 Å². The van der Waals surface area contributed by atoms with E-state index in [0.717, 1.165) is 49.7 Å². The van der Waals surface area contributed by atoms with Crippen LogP contribution in [0.5, 0.6) is 0 Å². The van der Waals surface area contributed by atoms with E-state index in [-0.39, 0.29) is 30.1 Å². The molecule has 0 spiro atoms. The molecule has 1 aromatic rings. The molecule has 3 aliphatic rings. The topological polar surface area (TPSA) is 49.4 Å². The number of carbonyl (C=O) groups is 2. The van der Waals surface area contributed by atoms with Gasteiger partial charge in [0.15, 0.2) is 0 Å². The highest BCUT2D eigenvalue weighted by molar-refractivity contribution is 6.02. The summed E-state index contributed by atoms with van der Waals surface area (Å²) < 4.78 is 13.1. The number of halogens is 1. The number of nitrogens with zero attached hydrogens (tertiary/aromatic N) is 1. The van der Waals surface area contributed by atoms with Gasteiger partial charge in [0.25, 0.3) is 5.91 Å². The predicted molar refractivity (Wildman–Crippen MR) is 92.0 cm³/mol. The van der Waals surface area contributed by atoms with Crippen LogP contribution in [0.25, 0.3) is 0 Å². The second kappa shape index (κ2) is 6.62. The van der Waals surface area contributed by atoms with Crippen molar-refractivity contribution in [2.75, 3.05) is 0 Å². The van der Waals surface area contributed by atoms with E-state index in [4.69, 9.17) is 0 Å². The van der Waals surface area contributed by atoms with Gasteiger partial charge < -0.3 is 10.2 Å². The summed E-state index contributed by atoms with van der Waals surface area (Å²) in [4.78, 5) is 27.1. The summed E-state index contributed by atoms with van der Waals surface area (Å²) in [5.74, 6) is -0.325. The molecule has 25 heavy (non-hydrogen) atoms. The smallest absolute Gasteiger partial charge is 0.251 e. The lowest BCUT2D eigenvalue weighted by Crippen LogP contribution is -2.36. The molecule has 4 rings (SSSR count). The van der Waals surface area contributed by atoms with Crippen molar-refractivity contribution < 1.29 is 14.0 Å². The van der Waals surface area contributed by atoms with Gasteiger partial charge in [0.2, 0.25) is 5.91 Å². The van der Waals surface area contributed by atoms with Crippen LogP contribution < -0.4 is 5.32 Å². The molecular formula is C20H23FN2O2. The van der Waals surface area contributed by atoms with Crippen LogP contribution in [0.15, 0.2) is 35.4 Å². The van der Waals surface area contributed by atoms with Gasteiger partial charge in [-0.2, -0.15) is 0 Å². The molecule has 1 unspecified atom stereocenters. The molecule has 1 atom stereocenters. The zero-order valence-corrected chi connectivity index (χ0v) is 14.3. The van der Waals surface area contributed by atoms with Crippen LogP contribution in [-0.2, 0) is 16.1 Å². The highest BCUT2D eigenvalue weighted by Gasteiger charge is 2.40. The summed E-state index contributed by atoms with van der Waals surface area (Å²) in [6, 6.07) is 6.72. The molecule has 2 fully saturated rings. The Hall–Kier alpha value is -2.17. The van der Waals surface area contributed by atoms with Crippen molar-refractivity contribution in [3.8, 4) is 0 Å². The van der Waals surface area contributed by atoms with Crippen molar-refractivity contribution in [2.45, 2.75) is 63.6 Å². The summed E-state index contributed by atoms with van der Waals surface area (Å²) in [5, 5.41) is 2.98. The summed E-state index contributed by atoms with van der Waals surface area (Å²) in [7, 11) is 0. The highest BCUT2D eigenvalue weighted by atomic mass is 19.1. The summed E-state index contributed by atoms with van der Waals surface area (Å²) >= 11 is 0. The van der Waals surface area contributed by atoms with Crippen LogP contribution in [-0.4, -0.2) is 28.8 Å². The van der Waals surface area contributed by atoms with E-state index >= 15 is 0 Å². The second-order valence-corrected chi connectivity index (χ2v) is 7.34. The van der Waals surface area contributed by atoms with Crippen molar-refractivity contribution in [1.29, 1.82) is 0 Å². The number of nitrogens with one attached hydrogen (secondary N) is 1. The Kier molecular flexibility index (Phi) is 4.32. The number of amides is 2. The van der Waals surface area contributed by atoms with Gasteiger partial charge in [-0.3, -0.25) is 9.59 Å². The van der Waals surface area contributed by atoms with Crippen LogP contribution in [0.1, 0.15) is 50.5 Å². The third kappa shape index (κ3) is 3.46.